The van der Waals surface area contributed by atoms with Crippen molar-refractivity contribution < 1.29 is 13.9 Å². The van der Waals surface area contributed by atoms with E-state index in [-0.39, 0.29) is 17.7 Å². The molecule has 0 spiro atoms. The third-order valence-electron chi connectivity index (χ3n) is 4.88. The Kier molecular flexibility index (Phi) is 7.21. The summed E-state index contributed by atoms with van der Waals surface area (Å²) in [6.45, 7) is 6.69. The number of halogens is 1. The van der Waals surface area contributed by atoms with E-state index in [1.54, 1.807) is 29.4 Å². The molecule has 1 saturated heterocycles. The number of likely N-dealkylation sites (tertiary alicyclic amines) is 1. The monoisotopic (exact) mass is 401 g/mol. The fourth-order valence-electron chi connectivity index (χ4n) is 3.47. The third-order valence-corrected chi connectivity index (χ3v) is 4.88. The second kappa shape index (κ2) is 10.0. The number of ether oxygens (including phenoxy) is 1. The van der Waals surface area contributed by atoms with Crippen molar-refractivity contribution in [3.8, 4) is 5.69 Å². The molecule has 156 valence electrons. The van der Waals surface area contributed by atoms with Crippen LogP contribution in [0, 0.1) is 11.7 Å². The average molecular weight is 401 g/mol. The number of hydrogen-bond acceptors (Lipinski definition) is 4. The van der Waals surface area contributed by atoms with E-state index in [9.17, 15) is 9.18 Å². The van der Waals surface area contributed by atoms with E-state index in [1.165, 1.54) is 6.07 Å². The quantitative estimate of drug-likeness (QED) is 0.458. The molecule has 2 aromatic rings. The molecule has 1 aromatic heterocycles. The molecule has 29 heavy (non-hydrogen) atoms. The van der Waals surface area contributed by atoms with Crippen LogP contribution >= 0.6 is 0 Å². The Morgan fingerprint density at radius 2 is 2.28 bits per heavy atom. The summed E-state index contributed by atoms with van der Waals surface area (Å²) in [5.41, 5.74) is 1.23. The van der Waals surface area contributed by atoms with E-state index >= 15 is 0 Å². The molecule has 0 saturated carbocycles. The topological polar surface area (TPSA) is 71.8 Å². The van der Waals surface area contributed by atoms with Gasteiger partial charge in [-0.15, -0.1) is 0 Å². The molecule has 1 aromatic carbocycles. The number of guanidine groups is 1. The minimum atomic E-state index is -0.318. The molecular formula is C21H28FN5O2. The summed E-state index contributed by atoms with van der Waals surface area (Å²) in [7, 11) is 0. The first kappa shape index (κ1) is 20.8. The molecule has 1 aliphatic rings. The van der Waals surface area contributed by atoms with Gasteiger partial charge in [0.2, 0.25) is 0 Å². The van der Waals surface area contributed by atoms with E-state index in [0.29, 0.717) is 31.9 Å². The smallest absolute Gasteiger partial charge is 0.310 e. The predicted molar refractivity (Wildman–Crippen MR) is 109 cm³/mol. The summed E-state index contributed by atoms with van der Waals surface area (Å²) in [5, 5.41) is 3.28. The number of esters is 1. The number of imidazole rings is 1. The van der Waals surface area contributed by atoms with Crippen LogP contribution in [-0.4, -0.2) is 52.6 Å². The van der Waals surface area contributed by atoms with Gasteiger partial charge in [0.05, 0.1) is 31.1 Å². The first-order valence-electron chi connectivity index (χ1n) is 10.1. The van der Waals surface area contributed by atoms with Gasteiger partial charge in [0.1, 0.15) is 5.82 Å². The lowest BCUT2D eigenvalue weighted by Gasteiger charge is -2.34. The van der Waals surface area contributed by atoms with Crippen molar-refractivity contribution in [3.63, 3.8) is 0 Å². The molecular weight excluding hydrogens is 373 g/mol. The lowest BCUT2D eigenvalue weighted by molar-refractivity contribution is -0.149. The number of benzene rings is 1. The number of aromatic nitrogens is 2. The van der Waals surface area contributed by atoms with Gasteiger partial charge in [-0.05, 0) is 44.4 Å². The van der Waals surface area contributed by atoms with Crippen LogP contribution in [0.4, 0.5) is 4.39 Å². The summed E-state index contributed by atoms with van der Waals surface area (Å²) < 4.78 is 21.3. The Hall–Kier alpha value is -2.90. The Balaban J connectivity index is 1.70. The predicted octanol–water partition coefficient (Wildman–Crippen LogP) is 2.75. The maximum atomic E-state index is 14.5. The molecule has 1 N–H and O–H groups in total. The zero-order valence-corrected chi connectivity index (χ0v) is 17.0. The number of hydrogen-bond donors (Lipinski definition) is 1. The summed E-state index contributed by atoms with van der Waals surface area (Å²) in [4.78, 5) is 22.8. The number of rotatable bonds is 6. The number of aliphatic imine (C=N–C) groups is 1. The standard InChI is InChI=1S/C21H28FN5O2/c1-3-24-21(26-10-5-6-17(14-26)20(28)29-4-2)25-13-16-7-8-19(18(22)12-16)27-11-9-23-15-27/h7-9,11-12,15,17H,3-6,10,13-14H2,1-2H3,(H,24,25). The zero-order valence-electron chi connectivity index (χ0n) is 17.0. The van der Waals surface area contributed by atoms with Crippen LogP contribution in [0.15, 0.2) is 41.9 Å². The number of carbonyl (C=O) groups excluding carboxylic acids is 1. The van der Waals surface area contributed by atoms with Crippen molar-refractivity contribution in [3.05, 3.63) is 48.3 Å². The lowest BCUT2D eigenvalue weighted by atomic mass is 9.98. The van der Waals surface area contributed by atoms with E-state index in [4.69, 9.17) is 4.74 Å². The second-order valence-electron chi connectivity index (χ2n) is 6.96. The van der Waals surface area contributed by atoms with Gasteiger partial charge in [0, 0.05) is 32.0 Å². The second-order valence-corrected chi connectivity index (χ2v) is 6.96. The average Bonchev–Trinajstić information content (AvgIpc) is 3.26. The Labute approximate surface area is 170 Å². The summed E-state index contributed by atoms with van der Waals surface area (Å²) in [5.74, 6) is 0.131. The number of nitrogens with zero attached hydrogens (tertiary/aromatic N) is 4. The molecule has 1 atom stereocenters. The Morgan fingerprint density at radius 3 is 2.97 bits per heavy atom. The van der Waals surface area contributed by atoms with Gasteiger partial charge in [0.25, 0.3) is 0 Å². The van der Waals surface area contributed by atoms with Gasteiger partial charge in [0.15, 0.2) is 5.96 Å². The van der Waals surface area contributed by atoms with E-state index < -0.39 is 0 Å². The van der Waals surface area contributed by atoms with Crippen molar-refractivity contribution in [2.24, 2.45) is 10.9 Å². The van der Waals surface area contributed by atoms with Gasteiger partial charge in [-0.25, -0.2) is 14.4 Å². The van der Waals surface area contributed by atoms with Crippen molar-refractivity contribution >= 4 is 11.9 Å². The molecule has 0 radical (unpaired) electrons. The van der Waals surface area contributed by atoms with Crippen LogP contribution in [0.1, 0.15) is 32.3 Å². The van der Waals surface area contributed by atoms with Gasteiger partial charge in [-0.2, -0.15) is 0 Å². The highest BCUT2D eigenvalue weighted by atomic mass is 19.1. The largest absolute Gasteiger partial charge is 0.466 e. The van der Waals surface area contributed by atoms with Crippen molar-refractivity contribution in [2.45, 2.75) is 33.2 Å². The van der Waals surface area contributed by atoms with Crippen LogP contribution in [0.25, 0.3) is 5.69 Å². The molecule has 7 nitrogen and oxygen atoms in total. The summed E-state index contributed by atoms with van der Waals surface area (Å²) in [6, 6.07) is 5.09. The van der Waals surface area contributed by atoms with Gasteiger partial charge < -0.3 is 19.5 Å². The molecule has 0 bridgehead atoms. The van der Waals surface area contributed by atoms with Crippen molar-refractivity contribution in [1.82, 2.24) is 19.8 Å². The highest BCUT2D eigenvalue weighted by molar-refractivity contribution is 5.81. The molecule has 0 amide bonds. The van der Waals surface area contributed by atoms with E-state index in [1.807, 2.05) is 19.9 Å². The molecule has 0 aliphatic carbocycles. The van der Waals surface area contributed by atoms with Crippen molar-refractivity contribution in [2.75, 3.05) is 26.2 Å². The van der Waals surface area contributed by atoms with Gasteiger partial charge in [-0.1, -0.05) is 6.07 Å². The van der Waals surface area contributed by atoms with Crippen LogP contribution in [0.3, 0.4) is 0 Å². The molecule has 1 fully saturated rings. The minimum Gasteiger partial charge on any atom is -0.466 e. The van der Waals surface area contributed by atoms with E-state index in [2.05, 4.69) is 20.2 Å². The first-order chi connectivity index (χ1) is 14.1. The fourth-order valence-corrected chi connectivity index (χ4v) is 3.47. The molecule has 1 aliphatic heterocycles. The lowest BCUT2D eigenvalue weighted by Crippen LogP contribution is -2.48. The third kappa shape index (κ3) is 5.34. The van der Waals surface area contributed by atoms with Crippen LogP contribution in [-0.2, 0) is 16.1 Å². The Morgan fingerprint density at radius 1 is 1.41 bits per heavy atom. The maximum Gasteiger partial charge on any atom is 0.310 e. The SMILES string of the molecule is CCNC(=NCc1ccc(-n2ccnc2)c(F)c1)N1CCCC(C(=O)OCC)C1. The molecule has 1 unspecified atom stereocenters. The van der Waals surface area contributed by atoms with Gasteiger partial charge >= 0.3 is 5.97 Å². The molecule has 3 rings (SSSR count). The van der Waals surface area contributed by atoms with Crippen molar-refractivity contribution in [1.29, 1.82) is 0 Å². The highest BCUT2D eigenvalue weighted by Crippen LogP contribution is 2.19. The number of nitrogens with one attached hydrogen (secondary N) is 1. The highest BCUT2D eigenvalue weighted by Gasteiger charge is 2.28. The molecule has 8 heteroatoms. The zero-order chi connectivity index (χ0) is 20.6. The van der Waals surface area contributed by atoms with Crippen LogP contribution < -0.4 is 5.32 Å². The van der Waals surface area contributed by atoms with Crippen LogP contribution in [0.2, 0.25) is 0 Å². The Bertz CT molecular complexity index is 838. The fraction of sp³-hybridized carbons (Fsp3) is 0.476. The number of piperidine rings is 1. The van der Waals surface area contributed by atoms with Gasteiger partial charge in [-0.3, -0.25) is 4.79 Å². The summed E-state index contributed by atoms with van der Waals surface area (Å²) in [6.07, 6.45) is 6.62. The molecule has 2 heterocycles. The minimum absolute atomic E-state index is 0.139. The maximum absolute atomic E-state index is 14.5. The number of carbonyl (C=O) groups is 1. The summed E-state index contributed by atoms with van der Waals surface area (Å²) >= 11 is 0. The van der Waals surface area contributed by atoms with Crippen LogP contribution in [0.5, 0.6) is 0 Å². The first-order valence-corrected chi connectivity index (χ1v) is 10.1. The van der Waals surface area contributed by atoms with E-state index in [0.717, 1.165) is 30.9 Å². The normalized spacial score (nSPS) is 17.3.